The number of anilines is 2. The van der Waals surface area contributed by atoms with Crippen LogP contribution in [-0.2, 0) is 17.9 Å². The van der Waals surface area contributed by atoms with Crippen LogP contribution in [0.5, 0.6) is 11.5 Å². The number of methoxy groups -OCH3 is 1. The van der Waals surface area contributed by atoms with E-state index in [2.05, 4.69) is 22.3 Å². The fourth-order valence-electron chi connectivity index (χ4n) is 3.61. The van der Waals surface area contributed by atoms with Gasteiger partial charge in [-0.05, 0) is 48.0 Å². The molecule has 1 heterocycles. The van der Waals surface area contributed by atoms with Crippen LogP contribution in [0, 0.1) is 5.82 Å². The van der Waals surface area contributed by atoms with Crippen molar-refractivity contribution in [1.82, 2.24) is 0 Å². The summed E-state index contributed by atoms with van der Waals surface area (Å²) in [4.78, 5) is 2.31. The van der Waals surface area contributed by atoms with Crippen LogP contribution < -0.4 is 19.7 Å². The zero-order chi connectivity index (χ0) is 23.2. The van der Waals surface area contributed by atoms with Crippen molar-refractivity contribution in [2.24, 2.45) is 0 Å². The first-order chi connectivity index (χ1) is 16.0. The lowest BCUT2D eigenvalue weighted by atomic mass is 10.1. The van der Waals surface area contributed by atoms with Gasteiger partial charge in [-0.25, -0.2) is 4.39 Å². The lowest BCUT2D eigenvalue weighted by Gasteiger charge is -2.29. The van der Waals surface area contributed by atoms with Crippen molar-refractivity contribution in [1.29, 1.82) is 0 Å². The van der Waals surface area contributed by atoms with Gasteiger partial charge in [0.05, 0.1) is 25.3 Å². The first-order valence-electron chi connectivity index (χ1n) is 10.6. The molecule has 4 rings (SSSR count). The van der Waals surface area contributed by atoms with Gasteiger partial charge in [-0.15, -0.1) is 0 Å². The number of morpholine rings is 1. The van der Waals surface area contributed by atoms with E-state index in [1.165, 1.54) is 11.8 Å². The van der Waals surface area contributed by atoms with E-state index in [0.29, 0.717) is 28.1 Å². The number of ether oxygens (including phenoxy) is 3. The molecule has 5 nitrogen and oxygen atoms in total. The summed E-state index contributed by atoms with van der Waals surface area (Å²) in [5.74, 6) is 0.500. The van der Waals surface area contributed by atoms with Gasteiger partial charge in [-0.1, -0.05) is 29.3 Å². The fourth-order valence-corrected chi connectivity index (χ4v) is 4.05. The molecule has 0 spiro atoms. The highest BCUT2D eigenvalue weighted by Crippen LogP contribution is 2.35. The maximum absolute atomic E-state index is 14.0. The summed E-state index contributed by atoms with van der Waals surface area (Å²) in [6.45, 7) is 3.79. The molecule has 3 aromatic carbocycles. The van der Waals surface area contributed by atoms with Gasteiger partial charge in [-0.3, -0.25) is 0 Å². The molecule has 8 heteroatoms. The van der Waals surface area contributed by atoms with Crippen LogP contribution in [0.4, 0.5) is 15.8 Å². The van der Waals surface area contributed by atoms with E-state index >= 15 is 0 Å². The van der Waals surface area contributed by atoms with Crippen LogP contribution in [-0.4, -0.2) is 33.4 Å². The third kappa shape index (κ3) is 5.82. The minimum atomic E-state index is -0.423. The predicted molar refractivity (Wildman–Crippen MR) is 131 cm³/mol. The van der Waals surface area contributed by atoms with Gasteiger partial charge in [0.1, 0.15) is 12.4 Å². The summed E-state index contributed by atoms with van der Waals surface area (Å²) in [5.41, 5.74) is 3.29. The van der Waals surface area contributed by atoms with Gasteiger partial charge >= 0.3 is 0 Å². The Morgan fingerprint density at radius 3 is 2.45 bits per heavy atom. The van der Waals surface area contributed by atoms with Gasteiger partial charge in [0, 0.05) is 47.7 Å². The van der Waals surface area contributed by atoms with E-state index in [1.54, 1.807) is 25.3 Å². The number of rotatable bonds is 8. The normalized spacial score (nSPS) is 13.6. The molecule has 0 aliphatic carbocycles. The number of nitrogens with one attached hydrogen (secondary N) is 1. The van der Waals surface area contributed by atoms with Crippen molar-refractivity contribution in [3.8, 4) is 11.5 Å². The minimum absolute atomic E-state index is 0.0364. The summed E-state index contributed by atoms with van der Waals surface area (Å²) in [6, 6.07) is 16.3. The first-order valence-corrected chi connectivity index (χ1v) is 11.4. The number of hydrogen-bond acceptors (Lipinski definition) is 5. The van der Waals surface area contributed by atoms with Crippen LogP contribution >= 0.6 is 23.2 Å². The summed E-state index contributed by atoms with van der Waals surface area (Å²) >= 11 is 12.6. The summed E-state index contributed by atoms with van der Waals surface area (Å²) in [5, 5.41) is 4.21. The van der Waals surface area contributed by atoms with E-state index in [1.807, 2.05) is 18.2 Å². The molecule has 1 saturated heterocycles. The van der Waals surface area contributed by atoms with Crippen molar-refractivity contribution in [2.75, 3.05) is 43.6 Å². The average Bonchev–Trinajstić information content (AvgIpc) is 2.84. The molecule has 1 aliphatic heterocycles. The molecule has 33 heavy (non-hydrogen) atoms. The Labute approximate surface area is 203 Å². The highest BCUT2D eigenvalue weighted by atomic mass is 35.5. The minimum Gasteiger partial charge on any atom is -0.493 e. The zero-order valence-electron chi connectivity index (χ0n) is 18.2. The Morgan fingerprint density at radius 2 is 1.76 bits per heavy atom. The van der Waals surface area contributed by atoms with E-state index < -0.39 is 5.82 Å². The van der Waals surface area contributed by atoms with Gasteiger partial charge in [-0.2, -0.15) is 0 Å². The summed E-state index contributed by atoms with van der Waals surface area (Å²) < 4.78 is 30.7. The molecule has 0 unspecified atom stereocenters. The predicted octanol–water partition coefficient (Wildman–Crippen LogP) is 6.17. The lowest BCUT2D eigenvalue weighted by molar-refractivity contribution is 0.122. The monoisotopic (exact) mass is 490 g/mol. The first kappa shape index (κ1) is 23.5. The van der Waals surface area contributed by atoms with Crippen molar-refractivity contribution in [3.05, 3.63) is 81.6 Å². The second-order valence-corrected chi connectivity index (χ2v) is 8.40. The van der Waals surface area contributed by atoms with E-state index in [0.717, 1.165) is 37.6 Å². The third-order valence-corrected chi connectivity index (χ3v) is 6.20. The van der Waals surface area contributed by atoms with Crippen LogP contribution in [0.25, 0.3) is 0 Å². The number of benzene rings is 3. The molecule has 0 atom stereocenters. The molecule has 1 N–H and O–H groups in total. The fraction of sp³-hybridized carbons (Fsp3) is 0.280. The van der Waals surface area contributed by atoms with Gasteiger partial charge < -0.3 is 24.4 Å². The second-order valence-electron chi connectivity index (χ2n) is 7.58. The average molecular weight is 491 g/mol. The molecule has 3 aromatic rings. The van der Waals surface area contributed by atoms with Crippen molar-refractivity contribution in [2.45, 2.75) is 13.2 Å². The molecule has 1 fully saturated rings. The third-order valence-electron chi connectivity index (χ3n) is 5.49. The lowest BCUT2D eigenvalue weighted by Crippen LogP contribution is -2.36. The van der Waals surface area contributed by atoms with E-state index in [9.17, 15) is 4.39 Å². The Morgan fingerprint density at radius 1 is 1.00 bits per heavy atom. The maximum atomic E-state index is 14.0. The molecule has 0 amide bonds. The molecule has 0 bridgehead atoms. The van der Waals surface area contributed by atoms with Crippen LogP contribution in [0.2, 0.25) is 10.0 Å². The molecular weight excluding hydrogens is 466 g/mol. The highest BCUT2D eigenvalue weighted by molar-refractivity contribution is 6.31. The van der Waals surface area contributed by atoms with Crippen molar-refractivity contribution >= 4 is 34.6 Å². The molecule has 0 aromatic heterocycles. The Kier molecular flexibility index (Phi) is 7.81. The van der Waals surface area contributed by atoms with Crippen LogP contribution in [0.1, 0.15) is 11.1 Å². The molecule has 174 valence electrons. The highest BCUT2D eigenvalue weighted by Gasteiger charge is 2.14. The smallest absolute Gasteiger partial charge is 0.163 e. The topological polar surface area (TPSA) is 43.0 Å². The Hall–Kier alpha value is -2.67. The standard InChI is InChI=1S/C25H25Cl2FN2O3/c1-31-24-13-17(15-29-18-5-7-19(8-6-18)30-9-11-32-12-10-30)22(27)14-25(24)33-16-20-21(26)3-2-4-23(20)28/h2-8,13-14,29H,9-12,15-16H2,1H3. The Bertz CT molecular complexity index is 1070. The number of halogens is 3. The van der Waals surface area contributed by atoms with Crippen LogP contribution in [0.3, 0.4) is 0 Å². The zero-order valence-corrected chi connectivity index (χ0v) is 19.8. The van der Waals surface area contributed by atoms with Gasteiger partial charge in [0.15, 0.2) is 11.5 Å². The maximum Gasteiger partial charge on any atom is 0.163 e. The van der Waals surface area contributed by atoms with Crippen LogP contribution in [0.15, 0.2) is 54.6 Å². The van der Waals surface area contributed by atoms with Gasteiger partial charge in [0.25, 0.3) is 0 Å². The molecule has 1 aliphatic rings. The molecular formula is C25H25Cl2FN2O3. The van der Waals surface area contributed by atoms with E-state index in [-0.39, 0.29) is 12.2 Å². The number of hydrogen-bond donors (Lipinski definition) is 1. The van der Waals surface area contributed by atoms with Crippen molar-refractivity contribution < 1.29 is 18.6 Å². The second kappa shape index (κ2) is 11.0. The number of nitrogens with zero attached hydrogens (tertiary/aromatic N) is 1. The molecule has 0 radical (unpaired) electrons. The molecule has 0 saturated carbocycles. The van der Waals surface area contributed by atoms with E-state index in [4.69, 9.17) is 37.4 Å². The van der Waals surface area contributed by atoms with Crippen molar-refractivity contribution in [3.63, 3.8) is 0 Å². The summed E-state index contributed by atoms with van der Waals surface area (Å²) in [6.07, 6.45) is 0. The quantitative estimate of drug-likeness (QED) is 0.408. The SMILES string of the molecule is COc1cc(CNc2ccc(N3CCOCC3)cc2)c(Cl)cc1OCc1c(F)cccc1Cl. The largest absolute Gasteiger partial charge is 0.493 e. The Balaban J connectivity index is 1.41. The summed E-state index contributed by atoms with van der Waals surface area (Å²) in [7, 11) is 1.55. The van der Waals surface area contributed by atoms with Gasteiger partial charge in [0.2, 0.25) is 0 Å².